The van der Waals surface area contributed by atoms with E-state index in [1.54, 1.807) is 0 Å². The lowest BCUT2D eigenvalue weighted by Gasteiger charge is -2.09. The Bertz CT molecular complexity index is 869. The van der Waals surface area contributed by atoms with E-state index >= 15 is 0 Å². The molecule has 0 radical (unpaired) electrons. The van der Waals surface area contributed by atoms with E-state index in [0.29, 0.717) is 4.88 Å². The van der Waals surface area contributed by atoms with Gasteiger partial charge >= 0.3 is 5.97 Å². The Morgan fingerprint density at radius 2 is 1.88 bits per heavy atom. The minimum Gasteiger partial charge on any atom is -0.465 e. The fourth-order valence-electron chi connectivity index (χ4n) is 2.90. The summed E-state index contributed by atoms with van der Waals surface area (Å²) in [6, 6.07) is 16.7. The number of aromatic nitrogens is 1. The molecule has 0 saturated heterocycles. The molecule has 0 aliphatic heterocycles. The van der Waals surface area contributed by atoms with Crippen LogP contribution in [0.5, 0.6) is 0 Å². The summed E-state index contributed by atoms with van der Waals surface area (Å²) in [7, 11) is 1.42. The molecule has 0 fully saturated rings. The molecule has 0 N–H and O–H groups in total. The number of para-hydroxylation sites is 1. The van der Waals surface area contributed by atoms with Crippen LogP contribution in [0.2, 0.25) is 0 Å². The summed E-state index contributed by atoms with van der Waals surface area (Å²) in [5.74, 6) is -0.286. The summed E-state index contributed by atoms with van der Waals surface area (Å²) >= 11 is 1.42. The number of carbonyl (C=O) groups excluding carboxylic acids is 1. The zero-order chi connectivity index (χ0) is 17.1. The smallest absolute Gasteiger partial charge is 0.354 e. The monoisotopic (exact) mass is 338 g/mol. The van der Waals surface area contributed by atoms with Crippen molar-refractivity contribution in [2.75, 3.05) is 7.11 Å². The fourth-order valence-corrected chi connectivity index (χ4v) is 3.82. The summed E-state index contributed by atoms with van der Waals surface area (Å²) < 4.78 is 7.01. The second-order valence-corrected chi connectivity index (χ2v) is 6.39. The van der Waals surface area contributed by atoms with Crippen molar-refractivity contribution in [1.29, 1.82) is 0 Å². The minimum atomic E-state index is -0.286. The maximum Gasteiger partial charge on any atom is 0.354 e. The van der Waals surface area contributed by atoms with Crippen LogP contribution in [-0.2, 0) is 11.2 Å². The number of hydrogen-bond acceptors (Lipinski definition) is 3. The van der Waals surface area contributed by atoms with Crippen molar-refractivity contribution in [3.63, 3.8) is 0 Å². The third-order valence-corrected chi connectivity index (χ3v) is 5.18. The highest BCUT2D eigenvalue weighted by atomic mass is 32.1. The standard InChI is InChI=1S/C20H20NO2S/c1-4-15-11-8-12-17(16-9-6-5-7-10-16)18(15)21-13-24-19(14(21)2)20(22)23-3/h5-13H,4H2,1-3H3/q+1. The van der Waals surface area contributed by atoms with Gasteiger partial charge < -0.3 is 4.74 Å². The molecular weight excluding hydrogens is 318 g/mol. The number of nitrogens with zero attached hydrogens (tertiary/aromatic N) is 1. The third kappa shape index (κ3) is 2.85. The lowest BCUT2D eigenvalue weighted by atomic mass is 9.98. The molecule has 122 valence electrons. The molecule has 1 aromatic heterocycles. The van der Waals surface area contributed by atoms with Gasteiger partial charge in [0.2, 0.25) is 16.9 Å². The molecule has 3 nitrogen and oxygen atoms in total. The molecule has 4 heteroatoms. The van der Waals surface area contributed by atoms with Gasteiger partial charge in [-0.3, -0.25) is 0 Å². The number of hydrogen-bond donors (Lipinski definition) is 0. The first-order valence-electron chi connectivity index (χ1n) is 7.93. The number of esters is 1. The van der Waals surface area contributed by atoms with Crippen LogP contribution in [0.3, 0.4) is 0 Å². The molecule has 1 heterocycles. The second kappa shape index (κ2) is 6.97. The Morgan fingerprint density at radius 3 is 2.54 bits per heavy atom. The van der Waals surface area contributed by atoms with Gasteiger partial charge in [0, 0.05) is 12.5 Å². The summed E-state index contributed by atoms with van der Waals surface area (Å²) in [4.78, 5) is 12.6. The van der Waals surface area contributed by atoms with Crippen LogP contribution < -0.4 is 4.57 Å². The average molecular weight is 338 g/mol. The highest BCUT2D eigenvalue weighted by Gasteiger charge is 2.27. The summed E-state index contributed by atoms with van der Waals surface area (Å²) in [5, 5.41) is 0. The molecule has 0 aliphatic rings. The Morgan fingerprint density at radius 1 is 1.12 bits per heavy atom. The van der Waals surface area contributed by atoms with Crippen LogP contribution in [0.25, 0.3) is 16.8 Å². The number of aryl methyl sites for hydroxylation is 1. The lowest BCUT2D eigenvalue weighted by Crippen LogP contribution is -2.34. The number of carbonyl (C=O) groups is 1. The first-order chi connectivity index (χ1) is 11.7. The molecule has 0 spiro atoms. The van der Waals surface area contributed by atoms with Gasteiger partial charge in [-0.05, 0) is 18.1 Å². The van der Waals surface area contributed by atoms with Crippen molar-refractivity contribution in [1.82, 2.24) is 0 Å². The summed E-state index contributed by atoms with van der Waals surface area (Å²) in [6.45, 7) is 4.11. The molecule has 0 saturated carbocycles. The van der Waals surface area contributed by atoms with Crippen LogP contribution in [0, 0.1) is 6.92 Å². The Labute approximate surface area is 146 Å². The molecule has 2 aromatic carbocycles. The third-order valence-electron chi connectivity index (χ3n) is 4.16. The van der Waals surface area contributed by atoms with E-state index in [1.165, 1.54) is 29.6 Å². The van der Waals surface area contributed by atoms with Crippen LogP contribution in [0.1, 0.15) is 27.9 Å². The first-order valence-corrected chi connectivity index (χ1v) is 8.81. The molecule has 3 aromatic rings. The highest BCUT2D eigenvalue weighted by Crippen LogP contribution is 2.28. The van der Waals surface area contributed by atoms with Gasteiger partial charge in [0.1, 0.15) is 0 Å². The van der Waals surface area contributed by atoms with Crippen molar-refractivity contribution in [3.05, 3.63) is 70.2 Å². The van der Waals surface area contributed by atoms with Crippen molar-refractivity contribution in [3.8, 4) is 16.8 Å². The highest BCUT2D eigenvalue weighted by molar-refractivity contribution is 7.11. The second-order valence-electron chi connectivity index (χ2n) is 5.53. The lowest BCUT2D eigenvalue weighted by molar-refractivity contribution is -0.597. The summed E-state index contributed by atoms with van der Waals surface area (Å²) in [6.07, 6.45) is 0.922. The van der Waals surface area contributed by atoms with E-state index in [-0.39, 0.29) is 5.97 Å². The van der Waals surface area contributed by atoms with E-state index in [4.69, 9.17) is 4.74 Å². The van der Waals surface area contributed by atoms with E-state index < -0.39 is 0 Å². The molecule has 0 unspecified atom stereocenters. The van der Waals surface area contributed by atoms with Gasteiger partial charge in [-0.15, -0.1) is 0 Å². The van der Waals surface area contributed by atoms with E-state index in [1.807, 2.05) is 30.6 Å². The molecule has 0 amide bonds. The largest absolute Gasteiger partial charge is 0.465 e. The zero-order valence-electron chi connectivity index (χ0n) is 14.1. The topological polar surface area (TPSA) is 30.2 Å². The van der Waals surface area contributed by atoms with Gasteiger partial charge in [-0.2, -0.15) is 4.57 Å². The van der Waals surface area contributed by atoms with Crippen molar-refractivity contribution < 1.29 is 14.1 Å². The maximum atomic E-state index is 12.0. The van der Waals surface area contributed by atoms with E-state index in [2.05, 4.69) is 41.8 Å². The molecule has 0 bridgehead atoms. The SMILES string of the molecule is CCc1cccc(-c2ccccc2)c1-[n+]1csc(C(=O)OC)c1C. The summed E-state index contributed by atoms with van der Waals surface area (Å²) in [5.41, 5.74) is 7.61. The van der Waals surface area contributed by atoms with Gasteiger partial charge in [-0.25, -0.2) is 4.79 Å². The fraction of sp³-hybridized carbons (Fsp3) is 0.200. The molecule has 24 heavy (non-hydrogen) atoms. The zero-order valence-corrected chi connectivity index (χ0v) is 14.9. The van der Waals surface area contributed by atoms with Crippen molar-refractivity contribution in [2.45, 2.75) is 20.3 Å². The quantitative estimate of drug-likeness (QED) is 0.523. The Balaban J connectivity index is 2.24. The van der Waals surface area contributed by atoms with E-state index in [0.717, 1.165) is 23.4 Å². The number of ether oxygens (including phenoxy) is 1. The Kier molecular flexibility index (Phi) is 4.76. The predicted molar refractivity (Wildman–Crippen MR) is 96.7 cm³/mol. The van der Waals surface area contributed by atoms with Crippen molar-refractivity contribution >= 4 is 17.3 Å². The van der Waals surface area contributed by atoms with Crippen LogP contribution in [0.4, 0.5) is 0 Å². The van der Waals surface area contributed by atoms with Crippen LogP contribution in [0.15, 0.2) is 54.0 Å². The van der Waals surface area contributed by atoms with Crippen LogP contribution in [-0.4, -0.2) is 13.1 Å². The molecule has 3 rings (SSSR count). The number of benzene rings is 2. The van der Waals surface area contributed by atoms with Gasteiger partial charge in [0.15, 0.2) is 4.88 Å². The normalized spacial score (nSPS) is 10.6. The molecular formula is C20H20NO2S+. The Hall–Kier alpha value is -2.46. The predicted octanol–water partition coefficient (Wildman–Crippen LogP) is 4.35. The van der Waals surface area contributed by atoms with Gasteiger partial charge in [0.05, 0.1) is 12.7 Å². The minimum absolute atomic E-state index is 0.286. The number of methoxy groups -OCH3 is 1. The van der Waals surface area contributed by atoms with Crippen molar-refractivity contribution in [2.24, 2.45) is 0 Å². The van der Waals surface area contributed by atoms with Gasteiger partial charge in [-0.1, -0.05) is 60.7 Å². The first kappa shape index (κ1) is 16.4. The van der Waals surface area contributed by atoms with E-state index in [9.17, 15) is 4.79 Å². The average Bonchev–Trinajstić information content (AvgIpc) is 3.02. The molecule has 0 aliphatic carbocycles. The number of thiazole rings is 1. The van der Waals surface area contributed by atoms with Gasteiger partial charge in [0.25, 0.3) is 0 Å². The molecule has 0 atom stereocenters. The number of rotatable bonds is 4. The van der Waals surface area contributed by atoms with Crippen LogP contribution >= 0.6 is 11.3 Å². The maximum absolute atomic E-state index is 12.0.